The van der Waals surface area contributed by atoms with Crippen LogP contribution < -0.4 is 10.9 Å². The first-order valence-corrected chi connectivity index (χ1v) is 7.46. The Morgan fingerprint density at radius 3 is 2.46 bits per heavy atom. The molecule has 7 nitrogen and oxygen atoms in total. The third-order valence-electron chi connectivity index (χ3n) is 3.17. The van der Waals surface area contributed by atoms with Crippen molar-refractivity contribution in [1.82, 2.24) is 15.4 Å². The number of pyridine rings is 2. The topological polar surface area (TPSA) is 93.2 Å². The number of hydrogen-bond acceptors (Lipinski definition) is 6. The van der Waals surface area contributed by atoms with Crippen molar-refractivity contribution in [2.45, 2.75) is 20.0 Å². The summed E-state index contributed by atoms with van der Waals surface area (Å²) in [5.74, 6) is -2.30. The summed E-state index contributed by atoms with van der Waals surface area (Å²) in [4.78, 5) is 31.7. The molecule has 0 aliphatic carbocycles. The maximum Gasteiger partial charge on any atom is 0.417 e. The van der Waals surface area contributed by atoms with Gasteiger partial charge in [-0.15, -0.1) is 0 Å². The molecule has 1 amide bonds. The predicted molar refractivity (Wildman–Crippen MR) is 85.3 cm³/mol. The fourth-order valence-electron chi connectivity index (χ4n) is 2.09. The summed E-state index contributed by atoms with van der Waals surface area (Å²) in [6, 6.07) is 3.56. The van der Waals surface area contributed by atoms with Crippen molar-refractivity contribution in [3.05, 3.63) is 53.0 Å². The van der Waals surface area contributed by atoms with Gasteiger partial charge in [0.05, 0.1) is 12.2 Å². The second-order valence-electron chi connectivity index (χ2n) is 5.07. The molecule has 2 rings (SSSR count). The minimum atomic E-state index is -4.80. The van der Waals surface area contributed by atoms with Crippen LogP contribution in [0.2, 0.25) is 0 Å². The van der Waals surface area contributed by atoms with Crippen LogP contribution in [0.5, 0.6) is 0 Å². The molecule has 0 aliphatic rings. The number of ether oxygens (including phenoxy) is 1. The lowest BCUT2D eigenvalue weighted by Crippen LogP contribution is -2.32. The molecule has 0 fully saturated rings. The Balaban J connectivity index is 2.38. The molecule has 0 aromatic carbocycles. The Morgan fingerprint density at radius 1 is 1.23 bits per heavy atom. The third kappa shape index (κ3) is 4.47. The van der Waals surface area contributed by atoms with Crippen LogP contribution in [0.4, 0.5) is 19.0 Å². The molecule has 0 saturated carbocycles. The predicted octanol–water partition coefficient (Wildman–Crippen LogP) is 2.74. The van der Waals surface area contributed by atoms with E-state index in [1.165, 1.54) is 38.4 Å². The molecular formula is C16H15F3N4O3. The second-order valence-corrected chi connectivity index (χ2v) is 5.07. The number of rotatable bonds is 5. The Kier molecular flexibility index (Phi) is 5.75. The van der Waals surface area contributed by atoms with Gasteiger partial charge < -0.3 is 4.74 Å². The lowest BCUT2D eigenvalue weighted by atomic mass is 10.1. The molecule has 2 heterocycles. The van der Waals surface area contributed by atoms with Crippen LogP contribution in [0.3, 0.4) is 0 Å². The van der Waals surface area contributed by atoms with E-state index < -0.39 is 35.0 Å². The molecule has 0 radical (unpaired) electrons. The third-order valence-corrected chi connectivity index (χ3v) is 3.17. The highest BCUT2D eigenvalue weighted by Gasteiger charge is 2.38. The van der Waals surface area contributed by atoms with E-state index in [1.54, 1.807) is 0 Å². The van der Waals surface area contributed by atoms with Crippen molar-refractivity contribution in [1.29, 1.82) is 0 Å². The monoisotopic (exact) mass is 368 g/mol. The first-order valence-electron chi connectivity index (χ1n) is 7.46. The highest BCUT2D eigenvalue weighted by Crippen LogP contribution is 2.35. The van der Waals surface area contributed by atoms with Crippen LogP contribution in [0, 0.1) is 6.92 Å². The number of hydrazine groups is 1. The number of aromatic nitrogens is 2. The summed E-state index contributed by atoms with van der Waals surface area (Å²) >= 11 is 0. The van der Waals surface area contributed by atoms with Crippen LogP contribution in [-0.4, -0.2) is 28.5 Å². The number of nitrogens with zero attached hydrogens (tertiary/aromatic N) is 2. The smallest absolute Gasteiger partial charge is 0.417 e. The molecule has 2 aromatic heterocycles. The molecule has 26 heavy (non-hydrogen) atoms. The van der Waals surface area contributed by atoms with Crippen LogP contribution in [-0.2, 0) is 10.9 Å². The van der Waals surface area contributed by atoms with E-state index in [0.717, 1.165) is 6.07 Å². The van der Waals surface area contributed by atoms with Crippen LogP contribution in [0.15, 0.2) is 30.6 Å². The van der Waals surface area contributed by atoms with Crippen LogP contribution in [0.1, 0.15) is 38.9 Å². The maximum absolute atomic E-state index is 13.3. The molecule has 2 aromatic rings. The molecule has 0 bridgehead atoms. The molecule has 0 aliphatic heterocycles. The second kappa shape index (κ2) is 7.81. The lowest BCUT2D eigenvalue weighted by Gasteiger charge is -2.17. The van der Waals surface area contributed by atoms with Crippen molar-refractivity contribution in [3.63, 3.8) is 0 Å². The SMILES string of the molecule is CCOC(=O)c1c(C(F)(F)F)cc(C)nc1NNC(=O)c1ccncc1. The summed E-state index contributed by atoms with van der Waals surface area (Å²) in [6.45, 7) is 2.68. The van der Waals surface area contributed by atoms with Gasteiger partial charge in [0, 0.05) is 23.7 Å². The molecule has 10 heteroatoms. The normalized spacial score (nSPS) is 11.0. The van der Waals surface area contributed by atoms with Gasteiger partial charge in [0.1, 0.15) is 5.56 Å². The number of anilines is 1. The van der Waals surface area contributed by atoms with Crippen molar-refractivity contribution < 1.29 is 27.5 Å². The maximum atomic E-state index is 13.3. The highest BCUT2D eigenvalue weighted by molar-refractivity contribution is 5.98. The zero-order valence-electron chi connectivity index (χ0n) is 13.8. The van der Waals surface area contributed by atoms with E-state index in [9.17, 15) is 22.8 Å². The van der Waals surface area contributed by atoms with E-state index in [2.05, 4.69) is 20.8 Å². The van der Waals surface area contributed by atoms with Gasteiger partial charge in [-0.25, -0.2) is 9.78 Å². The van der Waals surface area contributed by atoms with E-state index in [0.29, 0.717) is 0 Å². The average Bonchev–Trinajstić information content (AvgIpc) is 2.59. The first-order chi connectivity index (χ1) is 12.2. The van der Waals surface area contributed by atoms with E-state index in [4.69, 9.17) is 4.74 Å². The van der Waals surface area contributed by atoms with Crippen molar-refractivity contribution >= 4 is 17.7 Å². The molecule has 2 N–H and O–H groups in total. The number of esters is 1. The minimum Gasteiger partial charge on any atom is -0.462 e. The van der Waals surface area contributed by atoms with Gasteiger partial charge in [-0.3, -0.25) is 20.6 Å². The minimum absolute atomic E-state index is 0.00559. The van der Waals surface area contributed by atoms with Crippen molar-refractivity contribution in [2.75, 3.05) is 12.0 Å². The number of carbonyl (C=O) groups is 2. The van der Waals surface area contributed by atoms with Crippen LogP contribution >= 0.6 is 0 Å². The molecule has 0 saturated heterocycles. The Morgan fingerprint density at radius 2 is 1.88 bits per heavy atom. The van der Waals surface area contributed by atoms with E-state index in [1.807, 2.05) is 0 Å². The van der Waals surface area contributed by atoms with Crippen molar-refractivity contribution in [2.24, 2.45) is 0 Å². The van der Waals surface area contributed by atoms with Gasteiger partial charge in [0.2, 0.25) is 0 Å². The van der Waals surface area contributed by atoms with Gasteiger partial charge in [-0.1, -0.05) is 0 Å². The molecular weight excluding hydrogens is 353 g/mol. The number of amides is 1. The number of hydrogen-bond donors (Lipinski definition) is 2. The summed E-state index contributed by atoms with van der Waals surface area (Å²) < 4.78 is 44.6. The first kappa shape index (κ1) is 19.2. The molecule has 138 valence electrons. The zero-order chi connectivity index (χ0) is 19.3. The lowest BCUT2D eigenvalue weighted by molar-refractivity contribution is -0.138. The van der Waals surface area contributed by atoms with Gasteiger partial charge in [-0.2, -0.15) is 13.2 Å². The van der Waals surface area contributed by atoms with Crippen molar-refractivity contribution in [3.8, 4) is 0 Å². The number of halogens is 3. The summed E-state index contributed by atoms with van der Waals surface area (Å²) in [5.41, 5.74) is 2.69. The van der Waals surface area contributed by atoms with Gasteiger partial charge in [-0.05, 0) is 32.0 Å². The van der Waals surface area contributed by atoms with E-state index in [-0.39, 0.29) is 17.9 Å². The summed E-state index contributed by atoms with van der Waals surface area (Å²) in [5, 5.41) is 0. The molecule has 0 atom stereocenters. The molecule has 0 spiro atoms. The quantitative estimate of drug-likeness (QED) is 0.623. The Hall–Kier alpha value is -3.17. The Labute approximate surface area is 146 Å². The number of alkyl halides is 3. The standard InChI is InChI=1S/C16H15F3N4O3/c1-3-26-15(25)12-11(16(17,18)19)8-9(2)21-13(12)22-23-14(24)10-4-6-20-7-5-10/h4-8H,3H2,1-2H3,(H,21,22)(H,23,24). The zero-order valence-corrected chi connectivity index (χ0v) is 13.8. The van der Waals surface area contributed by atoms with E-state index >= 15 is 0 Å². The number of nitrogens with one attached hydrogen (secondary N) is 2. The molecule has 0 unspecified atom stereocenters. The summed E-state index contributed by atoms with van der Waals surface area (Å²) in [6.07, 6.45) is -2.04. The fraction of sp³-hybridized carbons (Fsp3) is 0.250. The van der Waals surface area contributed by atoms with Gasteiger partial charge in [0.15, 0.2) is 5.82 Å². The number of aryl methyl sites for hydroxylation is 1. The number of carbonyl (C=O) groups excluding carboxylic acids is 2. The largest absolute Gasteiger partial charge is 0.462 e. The average molecular weight is 368 g/mol. The summed E-state index contributed by atoms with van der Waals surface area (Å²) in [7, 11) is 0. The Bertz CT molecular complexity index is 810. The van der Waals surface area contributed by atoms with Gasteiger partial charge in [0.25, 0.3) is 5.91 Å². The van der Waals surface area contributed by atoms with Gasteiger partial charge >= 0.3 is 12.1 Å². The highest BCUT2D eigenvalue weighted by atomic mass is 19.4. The van der Waals surface area contributed by atoms with Crippen LogP contribution in [0.25, 0.3) is 0 Å². The fourth-order valence-corrected chi connectivity index (χ4v) is 2.09.